The minimum absolute atomic E-state index is 0.230. The summed E-state index contributed by atoms with van der Waals surface area (Å²) in [5, 5.41) is 2.00. The third kappa shape index (κ3) is 1.57. The van der Waals surface area contributed by atoms with Gasteiger partial charge in [0.1, 0.15) is 5.78 Å². The van der Waals surface area contributed by atoms with E-state index in [4.69, 9.17) is 0 Å². The summed E-state index contributed by atoms with van der Waals surface area (Å²) < 4.78 is 1.98. The third-order valence-electron chi connectivity index (χ3n) is 3.40. The van der Waals surface area contributed by atoms with Gasteiger partial charge in [0.25, 0.3) is 0 Å². The van der Waals surface area contributed by atoms with Gasteiger partial charge in [-0.25, -0.2) is 4.98 Å². The Morgan fingerprint density at radius 2 is 2.44 bits per heavy atom. The molecule has 2 aromatic heterocycles. The van der Waals surface area contributed by atoms with Gasteiger partial charge in [0.05, 0.1) is 12.1 Å². The quantitative estimate of drug-likeness (QED) is 0.818. The molecule has 2 heterocycles. The topological polar surface area (TPSA) is 34.4 Å². The maximum absolute atomic E-state index is 11.9. The number of Topliss-reactive ketones (excluding diaryl/α,β-unsaturated/α-hetero) is 1. The zero-order valence-electron chi connectivity index (χ0n) is 9.43. The van der Waals surface area contributed by atoms with Crippen molar-refractivity contribution in [3.63, 3.8) is 0 Å². The minimum atomic E-state index is 0.230. The van der Waals surface area contributed by atoms with Gasteiger partial charge in [-0.15, -0.1) is 11.3 Å². The van der Waals surface area contributed by atoms with Gasteiger partial charge in [0.15, 0.2) is 4.96 Å². The summed E-state index contributed by atoms with van der Waals surface area (Å²) in [5.74, 6) is 0.600. The first-order valence-corrected chi connectivity index (χ1v) is 6.38. The summed E-state index contributed by atoms with van der Waals surface area (Å²) in [7, 11) is 0. The molecule has 1 saturated carbocycles. The van der Waals surface area contributed by atoms with Gasteiger partial charge in [-0.05, 0) is 11.8 Å². The number of fused-ring (bicyclic) bond motifs is 1. The molecule has 1 atom stereocenters. The van der Waals surface area contributed by atoms with E-state index in [-0.39, 0.29) is 11.3 Å². The van der Waals surface area contributed by atoms with E-state index in [0.29, 0.717) is 12.2 Å². The lowest BCUT2D eigenvalue weighted by Crippen LogP contribution is -2.09. The molecule has 1 aliphatic carbocycles. The Bertz CT molecular complexity index is 524. The lowest BCUT2D eigenvalue weighted by atomic mass is 10.0. The van der Waals surface area contributed by atoms with Gasteiger partial charge in [0, 0.05) is 23.7 Å². The molecule has 0 N–H and O–H groups in total. The smallest absolute Gasteiger partial charge is 0.193 e. The number of ketones is 1. The van der Waals surface area contributed by atoms with Crippen LogP contribution in [0.5, 0.6) is 0 Å². The van der Waals surface area contributed by atoms with E-state index in [9.17, 15) is 4.79 Å². The van der Waals surface area contributed by atoms with E-state index >= 15 is 0 Å². The van der Waals surface area contributed by atoms with Crippen molar-refractivity contribution in [2.45, 2.75) is 26.7 Å². The minimum Gasteiger partial charge on any atom is -0.299 e. The fourth-order valence-electron chi connectivity index (χ4n) is 2.18. The molecule has 0 spiro atoms. The molecule has 0 aromatic carbocycles. The highest BCUT2D eigenvalue weighted by molar-refractivity contribution is 7.15. The van der Waals surface area contributed by atoms with Crippen molar-refractivity contribution < 1.29 is 4.79 Å². The second kappa shape index (κ2) is 3.17. The summed E-state index contributed by atoms with van der Waals surface area (Å²) >= 11 is 1.60. The number of aromatic nitrogens is 2. The molecule has 3 nitrogen and oxygen atoms in total. The third-order valence-corrected chi connectivity index (χ3v) is 4.17. The van der Waals surface area contributed by atoms with Gasteiger partial charge in [-0.2, -0.15) is 0 Å². The Balaban J connectivity index is 1.75. The van der Waals surface area contributed by atoms with Gasteiger partial charge < -0.3 is 0 Å². The number of rotatable bonds is 3. The molecule has 84 valence electrons. The van der Waals surface area contributed by atoms with Gasteiger partial charge in [-0.1, -0.05) is 13.8 Å². The summed E-state index contributed by atoms with van der Waals surface area (Å²) in [6, 6.07) is 0. The standard InChI is InChI=1S/C12H14N2OS/c1-12(2)6-9(12)10(15)5-8-7-14-3-4-16-11(14)13-8/h3-4,7,9H,5-6H2,1-2H3. The number of thiazole rings is 1. The molecule has 1 aliphatic rings. The first-order chi connectivity index (χ1) is 7.56. The van der Waals surface area contributed by atoms with E-state index in [1.54, 1.807) is 11.3 Å². The fraction of sp³-hybridized carbons (Fsp3) is 0.500. The van der Waals surface area contributed by atoms with Crippen molar-refractivity contribution in [2.24, 2.45) is 11.3 Å². The highest BCUT2D eigenvalue weighted by Gasteiger charge is 2.49. The van der Waals surface area contributed by atoms with E-state index < -0.39 is 0 Å². The maximum Gasteiger partial charge on any atom is 0.193 e. The zero-order valence-corrected chi connectivity index (χ0v) is 10.3. The van der Waals surface area contributed by atoms with Crippen molar-refractivity contribution in [3.8, 4) is 0 Å². The van der Waals surface area contributed by atoms with Crippen LogP contribution in [-0.2, 0) is 11.2 Å². The Kier molecular flexibility index (Phi) is 1.98. The highest BCUT2D eigenvalue weighted by atomic mass is 32.1. The van der Waals surface area contributed by atoms with E-state index in [2.05, 4.69) is 18.8 Å². The van der Waals surface area contributed by atoms with Crippen molar-refractivity contribution in [1.82, 2.24) is 9.38 Å². The van der Waals surface area contributed by atoms with Crippen molar-refractivity contribution in [3.05, 3.63) is 23.5 Å². The molecule has 0 amide bonds. The molecule has 4 heteroatoms. The SMILES string of the molecule is CC1(C)CC1C(=O)Cc1cn2ccsc2n1. The molecule has 2 aromatic rings. The summed E-state index contributed by atoms with van der Waals surface area (Å²) in [4.78, 5) is 17.3. The molecule has 1 fully saturated rings. The van der Waals surface area contributed by atoms with Crippen molar-refractivity contribution in [2.75, 3.05) is 0 Å². The second-order valence-electron chi connectivity index (χ2n) is 5.21. The summed E-state index contributed by atoms with van der Waals surface area (Å²) in [6.07, 6.45) is 5.46. The molecule has 0 bridgehead atoms. The number of hydrogen-bond acceptors (Lipinski definition) is 3. The highest BCUT2D eigenvalue weighted by Crippen LogP contribution is 2.52. The molecule has 3 rings (SSSR count). The number of hydrogen-bond donors (Lipinski definition) is 0. The number of imidazole rings is 1. The zero-order chi connectivity index (χ0) is 11.3. The molecule has 0 aliphatic heterocycles. The van der Waals surface area contributed by atoms with E-state index in [1.807, 2.05) is 22.2 Å². The number of carbonyl (C=O) groups excluding carboxylic acids is 1. The van der Waals surface area contributed by atoms with Crippen LogP contribution in [0.25, 0.3) is 4.96 Å². The summed E-state index contributed by atoms with van der Waals surface area (Å²) in [6.45, 7) is 4.31. The Labute approximate surface area is 98.1 Å². The Morgan fingerprint density at radius 1 is 1.69 bits per heavy atom. The van der Waals surface area contributed by atoms with Crippen LogP contribution in [0.3, 0.4) is 0 Å². The maximum atomic E-state index is 11.9. The predicted molar refractivity (Wildman–Crippen MR) is 63.7 cm³/mol. The largest absolute Gasteiger partial charge is 0.299 e. The molecule has 0 saturated heterocycles. The van der Waals surface area contributed by atoms with Crippen LogP contribution in [0.4, 0.5) is 0 Å². The fourth-order valence-corrected chi connectivity index (χ4v) is 2.90. The Morgan fingerprint density at radius 3 is 3.06 bits per heavy atom. The lowest BCUT2D eigenvalue weighted by Gasteiger charge is -2.00. The normalized spacial score (nSPS) is 22.5. The molecule has 0 radical (unpaired) electrons. The van der Waals surface area contributed by atoms with Crippen LogP contribution in [0.1, 0.15) is 26.0 Å². The van der Waals surface area contributed by atoms with Crippen LogP contribution in [0.2, 0.25) is 0 Å². The van der Waals surface area contributed by atoms with Gasteiger partial charge >= 0.3 is 0 Å². The van der Waals surface area contributed by atoms with Gasteiger partial charge in [0.2, 0.25) is 0 Å². The molecule has 1 unspecified atom stereocenters. The van der Waals surface area contributed by atoms with Crippen molar-refractivity contribution >= 4 is 22.1 Å². The number of carbonyl (C=O) groups is 1. The lowest BCUT2D eigenvalue weighted by molar-refractivity contribution is -0.120. The summed E-state index contributed by atoms with van der Waals surface area (Å²) in [5.41, 5.74) is 1.13. The van der Waals surface area contributed by atoms with Gasteiger partial charge in [-0.3, -0.25) is 9.20 Å². The van der Waals surface area contributed by atoms with Crippen molar-refractivity contribution in [1.29, 1.82) is 0 Å². The van der Waals surface area contributed by atoms with Crippen LogP contribution in [0.15, 0.2) is 17.8 Å². The molecular weight excluding hydrogens is 220 g/mol. The van der Waals surface area contributed by atoms with Crippen LogP contribution in [-0.4, -0.2) is 15.2 Å². The van der Waals surface area contributed by atoms with Crippen LogP contribution < -0.4 is 0 Å². The molecule has 16 heavy (non-hydrogen) atoms. The number of nitrogens with zero attached hydrogens (tertiary/aromatic N) is 2. The predicted octanol–water partition coefficient (Wildman–Crippen LogP) is 2.55. The average molecular weight is 234 g/mol. The Hall–Kier alpha value is -1.16. The monoisotopic (exact) mass is 234 g/mol. The first-order valence-electron chi connectivity index (χ1n) is 5.50. The average Bonchev–Trinajstić information content (AvgIpc) is 2.59. The van der Waals surface area contributed by atoms with E-state index in [1.165, 1.54) is 0 Å². The van der Waals surface area contributed by atoms with Crippen LogP contribution in [0, 0.1) is 11.3 Å². The first kappa shape index (κ1) is 10.0. The van der Waals surface area contributed by atoms with Crippen LogP contribution >= 0.6 is 11.3 Å². The molecular formula is C12H14N2OS. The van der Waals surface area contributed by atoms with E-state index in [0.717, 1.165) is 17.1 Å². The second-order valence-corrected chi connectivity index (χ2v) is 6.09.